The first kappa shape index (κ1) is 10.9. The Morgan fingerprint density at radius 2 is 1.31 bits per heavy atom. The monoisotopic (exact) mass is 275 g/mol. The molecule has 0 fully saturated rings. The number of rotatable bonds is 2. The zero-order valence-electron chi connectivity index (χ0n) is 8.48. The zero-order valence-corrected chi connectivity index (χ0v) is 10.1. The van der Waals surface area contributed by atoms with Crippen LogP contribution in [0.5, 0.6) is 0 Å². The summed E-state index contributed by atoms with van der Waals surface area (Å²) >= 11 is 3.33. The summed E-state index contributed by atoms with van der Waals surface area (Å²) in [5.41, 5.74) is 7.55. The molecule has 0 spiro atoms. The molecule has 2 N–H and O–H groups in total. The predicted octanol–water partition coefficient (Wildman–Crippen LogP) is 3.26. The average molecular weight is 276 g/mol. The molecule has 2 nitrogen and oxygen atoms in total. The third-order valence-corrected chi connectivity index (χ3v) is 2.81. The fourth-order valence-electron chi connectivity index (χ4n) is 1.40. The number of anilines is 1. The van der Waals surface area contributed by atoms with Gasteiger partial charge in [0, 0.05) is 21.3 Å². The van der Waals surface area contributed by atoms with Gasteiger partial charge < -0.3 is 5.73 Å². The highest BCUT2D eigenvalue weighted by Crippen LogP contribution is 2.15. The molecule has 0 aliphatic rings. The molecule has 0 saturated carbocycles. The second-order valence-corrected chi connectivity index (χ2v) is 4.37. The molecule has 3 heteroatoms. The lowest BCUT2D eigenvalue weighted by atomic mass is 10.0. The van der Waals surface area contributed by atoms with Crippen molar-refractivity contribution in [1.82, 2.24) is 0 Å². The van der Waals surface area contributed by atoms with E-state index in [0.29, 0.717) is 16.8 Å². The van der Waals surface area contributed by atoms with Gasteiger partial charge in [-0.25, -0.2) is 0 Å². The Morgan fingerprint density at radius 1 is 0.875 bits per heavy atom. The van der Waals surface area contributed by atoms with E-state index >= 15 is 0 Å². The van der Waals surface area contributed by atoms with E-state index in [-0.39, 0.29) is 5.78 Å². The Hall–Kier alpha value is -1.61. The third-order valence-electron chi connectivity index (χ3n) is 2.28. The number of halogens is 1. The first-order valence-electron chi connectivity index (χ1n) is 4.82. The van der Waals surface area contributed by atoms with Crippen LogP contribution in [0.3, 0.4) is 0 Å². The molecule has 0 aliphatic heterocycles. The smallest absolute Gasteiger partial charge is 0.193 e. The number of nitrogen functional groups attached to an aromatic ring is 1. The van der Waals surface area contributed by atoms with E-state index in [4.69, 9.17) is 5.73 Å². The molecule has 0 radical (unpaired) electrons. The highest BCUT2D eigenvalue weighted by atomic mass is 79.9. The van der Waals surface area contributed by atoms with Crippen molar-refractivity contribution in [2.75, 3.05) is 5.73 Å². The molecule has 2 aromatic rings. The molecule has 0 bridgehead atoms. The van der Waals surface area contributed by atoms with Crippen molar-refractivity contribution in [2.24, 2.45) is 0 Å². The molecule has 0 aromatic heterocycles. The number of benzene rings is 2. The largest absolute Gasteiger partial charge is 0.399 e. The molecule has 2 aromatic carbocycles. The highest BCUT2D eigenvalue weighted by molar-refractivity contribution is 9.10. The van der Waals surface area contributed by atoms with Gasteiger partial charge in [0.05, 0.1) is 0 Å². The van der Waals surface area contributed by atoms with Crippen LogP contribution in [0.2, 0.25) is 0 Å². The quantitative estimate of drug-likeness (QED) is 0.675. The van der Waals surface area contributed by atoms with Gasteiger partial charge in [-0.2, -0.15) is 0 Å². The predicted molar refractivity (Wildman–Crippen MR) is 68.4 cm³/mol. The molecule has 0 heterocycles. The molecule has 0 saturated heterocycles. The Kier molecular flexibility index (Phi) is 3.06. The Balaban J connectivity index is 2.32. The van der Waals surface area contributed by atoms with Crippen molar-refractivity contribution in [2.45, 2.75) is 0 Å². The molecule has 80 valence electrons. The van der Waals surface area contributed by atoms with Crippen molar-refractivity contribution in [3.63, 3.8) is 0 Å². The van der Waals surface area contributed by atoms with E-state index in [0.717, 1.165) is 4.47 Å². The van der Waals surface area contributed by atoms with E-state index in [9.17, 15) is 4.79 Å². The molecular formula is C13H10BrNO. The van der Waals surface area contributed by atoms with Crippen molar-refractivity contribution >= 4 is 27.4 Å². The van der Waals surface area contributed by atoms with Gasteiger partial charge in [0.2, 0.25) is 0 Å². The van der Waals surface area contributed by atoms with Crippen molar-refractivity contribution in [3.8, 4) is 0 Å². The highest BCUT2D eigenvalue weighted by Gasteiger charge is 2.07. The van der Waals surface area contributed by atoms with Gasteiger partial charge in [-0.05, 0) is 48.5 Å². The minimum absolute atomic E-state index is 0.00694. The number of carbonyl (C=O) groups is 1. The minimum atomic E-state index is 0.00694. The van der Waals surface area contributed by atoms with E-state index in [1.807, 2.05) is 12.1 Å². The summed E-state index contributed by atoms with van der Waals surface area (Å²) in [6, 6.07) is 14.2. The lowest BCUT2D eigenvalue weighted by Gasteiger charge is -2.01. The average Bonchev–Trinajstić information content (AvgIpc) is 2.30. The van der Waals surface area contributed by atoms with Crippen LogP contribution in [-0.2, 0) is 0 Å². The second kappa shape index (κ2) is 4.49. The van der Waals surface area contributed by atoms with Crippen LogP contribution >= 0.6 is 15.9 Å². The van der Waals surface area contributed by atoms with Crippen LogP contribution in [0.4, 0.5) is 5.69 Å². The first-order valence-corrected chi connectivity index (χ1v) is 5.62. The number of hydrogen-bond acceptors (Lipinski definition) is 2. The minimum Gasteiger partial charge on any atom is -0.399 e. The van der Waals surface area contributed by atoms with Crippen LogP contribution in [-0.4, -0.2) is 5.78 Å². The summed E-state index contributed by atoms with van der Waals surface area (Å²) in [5.74, 6) is 0.00694. The third kappa shape index (κ3) is 2.31. The Bertz CT molecular complexity index is 455. The van der Waals surface area contributed by atoms with Crippen molar-refractivity contribution < 1.29 is 4.79 Å². The van der Waals surface area contributed by atoms with Crippen LogP contribution in [0.25, 0.3) is 0 Å². The fraction of sp³-hybridized carbons (Fsp3) is 0. The van der Waals surface area contributed by atoms with Gasteiger partial charge in [0.1, 0.15) is 0 Å². The number of carbonyl (C=O) groups excluding carboxylic acids is 1. The second-order valence-electron chi connectivity index (χ2n) is 3.46. The lowest BCUT2D eigenvalue weighted by Crippen LogP contribution is -2.00. The van der Waals surface area contributed by atoms with Gasteiger partial charge in [0.15, 0.2) is 5.78 Å². The van der Waals surface area contributed by atoms with Crippen LogP contribution < -0.4 is 5.73 Å². The Labute approximate surface area is 102 Å². The summed E-state index contributed by atoms with van der Waals surface area (Å²) in [5, 5.41) is 0. The van der Waals surface area contributed by atoms with E-state index in [1.165, 1.54) is 0 Å². The summed E-state index contributed by atoms with van der Waals surface area (Å²) in [7, 11) is 0. The normalized spacial score (nSPS) is 10.1. The van der Waals surface area contributed by atoms with E-state index in [2.05, 4.69) is 15.9 Å². The first-order chi connectivity index (χ1) is 7.66. The molecular weight excluding hydrogens is 266 g/mol. The maximum atomic E-state index is 12.0. The van der Waals surface area contributed by atoms with Crippen LogP contribution in [0.15, 0.2) is 53.0 Å². The van der Waals surface area contributed by atoms with Gasteiger partial charge in [0.25, 0.3) is 0 Å². The SMILES string of the molecule is Nc1ccc(C(=O)c2ccc(Br)cc2)cc1. The zero-order chi connectivity index (χ0) is 11.5. The molecule has 2 rings (SSSR count). The topological polar surface area (TPSA) is 43.1 Å². The standard InChI is InChI=1S/C13H10BrNO/c14-11-5-1-9(2-6-11)13(16)10-3-7-12(15)8-4-10/h1-8H,15H2. The molecule has 0 aliphatic carbocycles. The summed E-state index contributed by atoms with van der Waals surface area (Å²) in [6.07, 6.45) is 0. The fourth-order valence-corrected chi connectivity index (χ4v) is 1.67. The van der Waals surface area contributed by atoms with Gasteiger partial charge in [-0.15, -0.1) is 0 Å². The molecule has 16 heavy (non-hydrogen) atoms. The van der Waals surface area contributed by atoms with Crippen molar-refractivity contribution in [3.05, 3.63) is 64.1 Å². The maximum Gasteiger partial charge on any atom is 0.193 e. The van der Waals surface area contributed by atoms with Crippen LogP contribution in [0.1, 0.15) is 15.9 Å². The van der Waals surface area contributed by atoms with Crippen LogP contribution in [0, 0.1) is 0 Å². The summed E-state index contributed by atoms with van der Waals surface area (Å²) in [4.78, 5) is 12.0. The number of hydrogen-bond donors (Lipinski definition) is 1. The summed E-state index contributed by atoms with van der Waals surface area (Å²) in [6.45, 7) is 0. The molecule has 0 amide bonds. The van der Waals surface area contributed by atoms with E-state index in [1.54, 1.807) is 36.4 Å². The molecule has 0 unspecified atom stereocenters. The molecule has 0 atom stereocenters. The van der Waals surface area contributed by atoms with Gasteiger partial charge >= 0.3 is 0 Å². The summed E-state index contributed by atoms with van der Waals surface area (Å²) < 4.78 is 0.960. The maximum absolute atomic E-state index is 12.0. The Morgan fingerprint density at radius 3 is 1.81 bits per heavy atom. The number of ketones is 1. The van der Waals surface area contributed by atoms with Gasteiger partial charge in [-0.1, -0.05) is 15.9 Å². The number of nitrogens with two attached hydrogens (primary N) is 1. The van der Waals surface area contributed by atoms with Crippen molar-refractivity contribution in [1.29, 1.82) is 0 Å². The van der Waals surface area contributed by atoms with Gasteiger partial charge in [-0.3, -0.25) is 4.79 Å². The van der Waals surface area contributed by atoms with E-state index < -0.39 is 0 Å². The lowest BCUT2D eigenvalue weighted by molar-refractivity contribution is 0.103.